The highest BCUT2D eigenvalue weighted by Crippen LogP contribution is 2.35. The summed E-state index contributed by atoms with van der Waals surface area (Å²) in [6.07, 6.45) is 0.943. The largest absolute Gasteiger partial charge is 0.519 e. The Morgan fingerprint density at radius 3 is 2.68 bits per heavy atom. The first kappa shape index (κ1) is 31.6. The Bertz CT molecular complexity index is 1930. The number of fused-ring (bicyclic) bond motifs is 1. The molecular formula is C30H27F4N9O4. The van der Waals surface area contributed by atoms with Gasteiger partial charge in [-0.1, -0.05) is 0 Å². The number of rotatable bonds is 8. The molecule has 5 aromatic rings. The maximum Gasteiger partial charge on any atom is 0.519 e. The van der Waals surface area contributed by atoms with Crippen LogP contribution in [0, 0.1) is 11.6 Å². The normalized spacial score (nSPS) is 17.2. The number of aromatic nitrogens is 6. The van der Waals surface area contributed by atoms with Crippen molar-refractivity contribution >= 4 is 28.8 Å². The minimum Gasteiger partial charge on any atom is -0.393 e. The van der Waals surface area contributed by atoms with Crippen LogP contribution in [0.3, 0.4) is 0 Å². The van der Waals surface area contributed by atoms with Crippen molar-refractivity contribution in [2.24, 2.45) is 5.73 Å². The topological polar surface area (TPSA) is 180 Å². The van der Waals surface area contributed by atoms with E-state index in [-0.39, 0.29) is 42.3 Å². The number of anilines is 2. The number of piperidine rings is 1. The van der Waals surface area contributed by atoms with E-state index < -0.39 is 41.6 Å². The molecule has 0 radical (unpaired) electrons. The third-order valence-electron chi connectivity index (χ3n) is 7.79. The van der Waals surface area contributed by atoms with Gasteiger partial charge >= 0.3 is 6.16 Å². The van der Waals surface area contributed by atoms with Crippen molar-refractivity contribution in [3.8, 4) is 22.8 Å². The van der Waals surface area contributed by atoms with Crippen LogP contribution in [-0.4, -0.2) is 71.9 Å². The number of hydrogen-bond donors (Lipinski definition) is 3. The number of ether oxygens (including phenoxy) is 2. The fourth-order valence-electron chi connectivity index (χ4n) is 5.47. The van der Waals surface area contributed by atoms with Crippen LogP contribution in [0.4, 0.5) is 33.9 Å². The number of imidazole rings is 1. The molecule has 0 bridgehead atoms. The van der Waals surface area contributed by atoms with Gasteiger partial charge in [-0.25, -0.2) is 37.3 Å². The molecule has 2 atom stereocenters. The predicted octanol–water partition coefficient (Wildman–Crippen LogP) is 3.69. The minimum absolute atomic E-state index is 0.00633. The van der Waals surface area contributed by atoms with E-state index in [0.717, 1.165) is 6.07 Å². The zero-order chi connectivity index (χ0) is 33.3. The first-order valence-electron chi connectivity index (χ1n) is 14.2. The van der Waals surface area contributed by atoms with Crippen LogP contribution in [0.1, 0.15) is 18.4 Å². The second-order valence-corrected chi connectivity index (χ2v) is 10.9. The zero-order valence-corrected chi connectivity index (χ0v) is 24.4. The molecule has 1 aliphatic rings. The molecule has 1 aromatic carbocycles. The summed E-state index contributed by atoms with van der Waals surface area (Å²) in [6.45, 7) is 0.332. The van der Waals surface area contributed by atoms with Gasteiger partial charge in [0.1, 0.15) is 23.8 Å². The lowest BCUT2D eigenvalue weighted by Crippen LogP contribution is -2.63. The molecule has 0 amide bonds. The van der Waals surface area contributed by atoms with Gasteiger partial charge in [-0.15, -0.1) is 0 Å². The molecule has 5 heterocycles. The third-order valence-corrected chi connectivity index (χ3v) is 7.79. The van der Waals surface area contributed by atoms with Crippen LogP contribution in [0.25, 0.3) is 22.4 Å². The molecule has 244 valence electrons. The Labute approximate surface area is 263 Å². The van der Waals surface area contributed by atoms with Crippen molar-refractivity contribution in [2.45, 2.75) is 37.5 Å². The number of nitrogens with zero attached hydrogens (tertiary/aromatic N) is 7. The smallest absolute Gasteiger partial charge is 0.393 e. The van der Waals surface area contributed by atoms with Gasteiger partial charge in [0.15, 0.2) is 28.8 Å². The van der Waals surface area contributed by atoms with Crippen molar-refractivity contribution < 1.29 is 36.9 Å². The number of nitrogen functional groups attached to an aromatic ring is 1. The van der Waals surface area contributed by atoms with E-state index in [4.69, 9.17) is 20.9 Å². The predicted molar refractivity (Wildman–Crippen MR) is 160 cm³/mol. The first-order valence-corrected chi connectivity index (χ1v) is 14.2. The van der Waals surface area contributed by atoms with Crippen LogP contribution in [0.5, 0.6) is 11.5 Å². The van der Waals surface area contributed by atoms with Crippen molar-refractivity contribution in [3.05, 3.63) is 78.8 Å². The second kappa shape index (κ2) is 12.8. The maximum absolute atomic E-state index is 15.5. The van der Waals surface area contributed by atoms with Gasteiger partial charge in [0.2, 0.25) is 0 Å². The lowest BCUT2D eigenvalue weighted by atomic mass is 9.84. The number of hydrogen-bond acceptors (Lipinski definition) is 12. The molecule has 17 heteroatoms. The molecular weight excluding hydrogens is 626 g/mol. The molecule has 0 aliphatic carbocycles. The van der Waals surface area contributed by atoms with Crippen molar-refractivity contribution in [1.82, 2.24) is 29.5 Å². The molecule has 1 aliphatic heterocycles. The molecule has 1 fully saturated rings. The summed E-state index contributed by atoms with van der Waals surface area (Å²) in [7, 11) is 0. The highest BCUT2D eigenvalue weighted by molar-refractivity contribution is 5.81. The maximum atomic E-state index is 15.5. The molecule has 13 nitrogen and oxygen atoms in total. The van der Waals surface area contributed by atoms with E-state index in [9.17, 15) is 18.7 Å². The van der Waals surface area contributed by atoms with E-state index in [1.54, 1.807) is 9.47 Å². The zero-order valence-electron chi connectivity index (χ0n) is 24.4. The van der Waals surface area contributed by atoms with Gasteiger partial charge < -0.3 is 35.5 Å². The fraction of sp³-hybridized carbons (Fsp3) is 0.267. The molecule has 0 saturated carbocycles. The summed E-state index contributed by atoms with van der Waals surface area (Å²) in [6, 6.07) is 5.93. The SMILES string of the molecule is Nc1ncnc2c1ncn2Cc1cc(-c2cc(F)c(OC(=O)Oc3cccnc3)cc2F)ncc1N1CCC[C@](N)([C@H](O)C(F)F)C1. The van der Waals surface area contributed by atoms with Crippen molar-refractivity contribution in [2.75, 3.05) is 23.7 Å². The number of aliphatic hydroxyl groups is 1. The van der Waals surface area contributed by atoms with E-state index in [1.165, 1.54) is 49.4 Å². The Morgan fingerprint density at radius 2 is 1.91 bits per heavy atom. The van der Waals surface area contributed by atoms with E-state index in [2.05, 4.69) is 24.9 Å². The number of carbonyl (C=O) groups is 1. The number of nitrogens with two attached hydrogens (primary N) is 2. The second-order valence-electron chi connectivity index (χ2n) is 10.9. The number of alkyl halides is 2. The van der Waals surface area contributed by atoms with Gasteiger partial charge in [-0.05, 0) is 42.7 Å². The van der Waals surface area contributed by atoms with Gasteiger partial charge in [0.05, 0.1) is 42.2 Å². The van der Waals surface area contributed by atoms with Crippen LogP contribution in [-0.2, 0) is 6.54 Å². The monoisotopic (exact) mass is 653 g/mol. The fourth-order valence-corrected chi connectivity index (χ4v) is 5.47. The molecule has 4 aromatic heterocycles. The summed E-state index contributed by atoms with van der Waals surface area (Å²) >= 11 is 0. The van der Waals surface area contributed by atoms with Crippen molar-refractivity contribution in [3.63, 3.8) is 0 Å². The minimum atomic E-state index is -3.05. The average molecular weight is 654 g/mol. The van der Waals surface area contributed by atoms with E-state index in [1.807, 2.05) is 0 Å². The number of pyridine rings is 2. The van der Waals surface area contributed by atoms with Crippen LogP contribution < -0.4 is 25.8 Å². The number of halogens is 4. The summed E-state index contributed by atoms with van der Waals surface area (Å²) in [4.78, 5) is 34.5. The highest BCUT2D eigenvalue weighted by Gasteiger charge is 2.43. The van der Waals surface area contributed by atoms with Crippen LogP contribution >= 0.6 is 0 Å². The van der Waals surface area contributed by atoms with Gasteiger partial charge in [0.25, 0.3) is 6.43 Å². The molecule has 0 unspecified atom stereocenters. The summed E-state index contributed by atoms with van der Waals surface area (Å²) in [5.41, 5.74) is 12.0. The molecule has 5 N–H and O–H groups in total. The van der Waals surface area contributed by atoms with Gasteiger partial charge in [0, 0.05) is 30.9 Å². The summed E-state index contributed by atoms with van der Waals surface area (Å²) < 4.78 is 69.1. The van der Waals surface area contributed by atoms with E-state index in [0.29, 0.717) is 41.4 Å². The van der Waals surface area contributed by atoms with Gasteiger partial charge in [-0.2, -0.15) is 0 Å². The Balaban J connectivity index is 1.35. The molecule has 1 saturated heterocycles. The molecule has 47 heavy (non-hydrogen) atoms. The van der Waals surface area contributed by atoms with Crippen molar-refractivity contribution in [1.29, 1.82) is 0 Å². The molecule has 6 rings (SSSR count). The Hall–Kier alpha value is -5.42. The first-order chi connectivity index (χ1) is 22.5. The van der Waals surface area contributed by atoms with Crippen LogP contribution in [0.2, 0.25) is 0 Å². The lowest BCUT2D eigenvalue weighted by Gasteiger charge is -2.44. The Kier molecular flexibility index (Phi) is 8.57. The standard InChI is InChI=1S/C30H27F4N9O4/c31-19-9-23(47-29(45)46-17-3-1-5-37-10-17)20(32)8-18(19)21-7-16(12-43-15-41-24-27(35)39-14-40-28(24)43)22(11-38-21)42-6-2-4-30(36,13-42)25(44)26(33)34/h1,3,5,7-11,14-15,25-26,44H,2,4,6,12-13,36H2,(H2,35,39,40)/t25-,30-/m1/s1. The molecule has 0 spiro atoms. The van der Waals surface area contributed by atoms with Gasteiger partial charge in [-0.3, -0.25) is 9.97 Å². The Morgan fingerprint density at radius 1 is 1.09 bits per heavy atom. The lowest BCUT2D eigenvalue weighted by molar-refractivity contribution is -0.0529. The van der Waals surface area contributed by atoms with Crippen LogP contribution in [0.15, 0.2) is 61.6 Å². The number of benzene rings is 1. The summed E-state index contributed by atoms with van der Waals surface area (Å²) in [5.74, 6) is -2.57. The number of carbonyl (C=O) groups excluding carboxylic acids is 1. The third kappa shape index (κ3) is 6.48. The highest BCUT2D eigenvalue weighted by atomic mass is 19.3. The summed E-state index contributed by atoms with van der Waals surface area (Å²) in [5, 5.41) is 10.2. The quantitative estimate of drug-likeness (QED) is 0.126. The number of aliphatic hydroxyl groups excluding tert-OH is 1. The van der Waals surface area contributed by atoms with E-state index >= 15 is 8.78 Å². The average Bonchev–Trinajstić information content (AvgIpc) is 3.46.